The molecule has 3 rings (SSSR count). The summed E-state index contributed by atoms with van der Waals surface area (Å²) in [5.74, 6) is 0.863. The van der Waals surface area contributed by atoms with Gasteiger partial charge in [-0.05, 0) is 74.8 Å². The summed E-state index contributed by atoms with van der Waals surface area (Å²) < 4.78 is 6.07. The zero-order valence-electron chi connectivity index (χ0n) is 16.4. The van der Waals surface area contributed by atoms with Crippen LogP contribution in [0.3, 0.4) is 0 Å². The first kappa shape index (κ1) is 21.0. The molecule has 1 aliphatic heterocycles. The van der Waals surface area contributed by atoms with Gasteiger partial charge in [-0.15, -0.1) is 11.8 Å². The van der Waals surface area contributed by atoms with E-state index in [0.717, 1.165) is 48.7 Å². The Labute approximate surface area is 176 Å². The molecule has 0 aromatic heterocycles. The third-order valence-electron chi connectivity index (χ3n) is 4.85. The first-order valence-corrected chi connectivity index (χ1v) is 11.0. The third-order valence-corrected chi connectivity index (χ3v) is 6.47. The van der Waals surface area contributed by atoms with Gasteiger partial charge in [0, 0.05) is 28.7 Å². The summed E-state index contributed by atoms with van der Waals surface area (Å²) in [7, 11) is 2.14. The lowest BCUT2D eigenvalue weighted by atomic mass is 10.1. The number of rotatable bonds is 7. The van der Waals surface area contributed by atoms with E-state index in [1.54, 1.807) is 11.8 Å². The zero-order valence-corrected chi connectivity index (χ0v) is 17.9. The molecule has 28 heavy (non-hydrogen) atoms. The van der Waals surface area contributed by atoms with Crippen LogP contribution in [-0.2, 0) is 4.79 Å². The number of hydrogen-bond acceptors (Lipinski definition) is 4. The van der Waals surface area contributed by atoms with Crippen molar-refractivity contribution < 1.29 is 9.53 Å². The number of carbonyl (C=O) groups excluding carboxylic acids is 1. The summed E-state index contributed by atoms with van der Waals surface area (Å²) in [6.45, 7) is 4.16. The first-order chi connectivity index (χ1) is 13.5. The Kier molecular flexibility index (Phi) is 7.65. The lowest BCUT2D eigenvalue weighted by Gasteiger charge is -2.29. The maximum atomic E-state index is 12.7. The number of piperidine rings is 1. The summed E-state index contributed by atoms with van der Waals surface area (Å²) in [5, 5.41) is 3.56. The average molecular weight is 419 g/mol. The molecule has 1 fully saturated rings. The normalized spacial score (nSPS) is 16.5. The number of ether oxygens (including phenoxy) is 1. The van der Waals surface area contributed by atoms with Gasteiger partial charge in [-0.25, -0.2) is 0 Å². The molecular formula is C22H27ClN2O2S. The van der Waals surface area contributed by atoms with Gasteiger partial charge in [0.1, 0.15) is 11.9 Å². The maximum absolute atomic E-state index is 12.7. The van der Waals surface area contributed by atoms with Crippen molar-refractivity contribution in [2.45, 2.75) is 42.4 Å². The van der Waals surface area contributed by atoms with E-state index in [1.807, 2.05) is 55.5 Å². The number of thioether (sulfide) groups is 1. The lowest BCUT2D eigenvalue weighted by molar-refractivity contribution is -0.115. The molecule has 1 aliphatic rings. The molecule has 1 atom stereocenters. The van der Waals surface area contributed by atoms with Crippen LogP contribution >= 0.6 is 23.4 Å². The Bertz CT molecular complexity index is 759. The highest BCUT2D eigenvalue weighted by Crippen LogP contribution is 2.28. The molecule has 0 aliphatic carbocycles. The number of carbonyl (C=O) groups is 1. The van der Waals surface area contributed by atoms with Crippen LogP contribution < -0.4 is 10.1 Å². The molecule has 1 saturated heterocycles. The van der Waals surface area contributed by atoms with Crippen LogP contribution in [0.2, 0.25) is 5.02 Å². The average Bonchev–Trinajstić information content (AvgIpc) is 2.70. The van der Waals surface area contributed by atoms with E-state index in [0.29, 0.717) is 5.02 Å². The van der Waals surface area contributed by atoms with E-state index in [-0.39, 0.29) is 17.3 Å². The van der Waals surface area contributed by atoms with Gasteiger partial charge in [0.25, 0.3) is 0 Å². The van der Waals surface area contributed by atoms with Gasteiger partial charge >= 0.3 is 0 Å². The fourth-order valence-corrected chi connectivity index (χ4v) is 4.21. The largest absolute Gasteiger partial charge is 0.490 e. The van der Waals surface area contributed by atoms with Crippen molar-refractivity contribution in [1.82, 2.24) is 4.90 Å². The van der Waals surface area contributed by atoms with E-state index < -0.39 is 0 Å². The molecule has 6 heteroatoms. The minimum Gasteiger partial charge on any atom is -0.490 e. The highest BCUT2D eigenvalue weighted by Gasteiger charge is 2.19. The molecule has 0 bridgehead atoms. The Hall–Kier alpha value is -1.69. The van der Waals surface area contributed by atoms with E-state index in [2.05, 4.69) is 17.3 Å². The van der Waals surface area contributed by atoms with Gasteiger partial charge in [-0.1, -0.05) is 18.5 Å². The van der Waals surface area contributed by atoms with E-state index in [1.165, 1.54) is 0 Å². The number of nitrogens with one attached hydrogen (secondary N) is 1. The molecule has 0 saturated carbocycles. The standard InChI is InChI=1S/C22H27ClN2O2S/c1-3-21(28-20-10-4-16(23)5-11-20)22(26)24-17-6-8-18(9-7-17)27-19-12-14-25(2)15-13-19/h4-11,19,21H,3,12-15H2,1-2H3,(H,24,26)/t21-/m1/s1. The number of halogens is 1. The molecule has 4 nitrogen and oxygen atoms in total. The van der Waals surface area contributed by atoms with Crippen molar-refractivity contribution in [2.24, 2.45) is 0 Å². The second-order valence-electron chi connectivity index (χ2n) is 7.10. The van der Waals surface area contributed by atoms with Crippen molar-refractivity contribution in [3.63, 3.8) is 0 Å². The summed E-state index contributed by atoms with van der Waals surface area (Å²) in [4.78, 5) is 16.0. The quantitative estimate of drug-likeness (QED) is 0.617. The second-order valence-corrected chi connectivity index (χ2v) is 8.82. The van der Waals surface area contributed by atoms with Crippen LogP contribution in [0.1, 0.15) is 26.2 Å². The van der Waals surface area contributed by atoms with Crippen LogP contribution in [0.5, 0.6) is 5.75 Å². The van der Waals surface area contributed by atoms with Crippen molar-refractivity contribution in [2.75, 3.05) is 25.5 Å². The Balaban J connectivity index is 1.53. The lowest BCUT2D eigenvalue weighted by Crippen LogP contribution is -2.35. The topological polar surface area (TPSA) is 41.6 Å². The second kappa shape index (κ2) is 10.2. The minimum absolute atomic E-state index is 0.00596. The molecule has 1 N–H and O–H groups in total. The summed E-state index contributed by atoms with van der Waals surface area (Å²) in [5.41, 5.74) is 0.788. The molecule has 0 spiro atoms. The van der Waals surface area contributed by atoms with Crippen molar-refractivity contribution >= 4 is 35.0 Å². The van der Waals surface area contributed by atoms with E-state index in [9.17, 15) is 4.79 Å². The Morgan fingerprint density at radius 1 is 1.18 bits per heavy atom. The van der Waals surface area contributed by atoms with Crippen molar-refractivity contribution in [1.29, 1.82) is 0 Å². The third kappa shape index (κ3) is 6.16. The smallest absolute Gasteiger partial charge is 0.237 e. The number of anilines is 1. The molecule has 0 radical (unpaired) electrons. The maximum Gasteiger partial charge on any atom is 0.237 e. The number of nitrogens with zero attached hydrogens (tertiary/aromatic N) is 1. The van der Waals surface area contributed by atoms with Crippen LogP contribution in [0, 0.1) is 0 Å². The highest BCUT2D eigenvalue weighted by molar-refractivity contribution is 8.00. The fraction of sp³-hybridized carbons (Fsp3) is 0.409. The SMILES string of the molecule is CC[C@@H](Sc1ccc(Cl)cc1)C(=O)Nc1ccc(OC2CCN(C)CC2)cc1. The fourth-order valence-electron chi connectivity index (χ4n) is 3.13. The van der Waals surface area contributed by atoms with Crippen LogP contribution in [0.4, 0.5) is 5.69 Å². The minimum atomic E-state index is -0.156. The van der Waals surface area contributed by atoms with Gasteiger partial charge in [0.15, 0.2) is 0 Å². The van der Waals surface area contributed by atoms with Crippen molar-refractivity contribution in [3.8, 4) is 5.75 Å². The van der Waals surface area contributed by atoms with E-state index in [4.69, 9.17) is 16.3 Å². The van der Waals surface area contributed by atoms with E-state index >= 15 is 0 Å². The van der Waals surface area contributed by atoms with Gasteiger partial charge in [-0.2, -0.15) is 0 Å². The summed E-state index contributed by atoms with van der Waals surface area (Å²) >= 11 is 7.48. The number of benzene rings is 2. The summed E-state index contributed by atoms with van der Waals surface area (Å²) in [6, 6.07) is 15.2. The predicted octanol–water partition coefficient (Wildman–Crippen LogP) is 5.32. The summed E-state index contributed by atoms with van der Waals surface area (Å²) in [6.07, 6.45) is 3.12. The van der Waals surface area contributed by atoms with Gasteiger partial charge in [-0.3, -0.25) is 4.79 Å². The molecule has 0 unspecified atom stereocenters. The van der Waals surface area contributed by atoms with Crippen LogP contribution in [0.25, 0.3) is 0 Å². The van der Waals surface area contributed by atoms with Gasteiger partial charge in [0.05, 0.1) is 5.25 Å². The molecule has 2 aromatic carbocycles. The van der Waals surface area contributed by atoms with Gasteiger partial charge in [0.2, 0.25) is 5.91 Å². The molecule has 1 heterocycles. The predicted molar refractivity (Wildman–Crippen MR) is 118 cm³/mol. The molecule has 2 aromatic rings. The first-order valence-electron chi connectivity index (χ1n) is 9.72. The van der Waals surface area contributed by atoms with Crippen LogP contribution in [0.15, 0.2) is 53.4 Å². The highest BCUT2D eigenvalue weighted by atomic mass is 35.5. The number of likely N-dealkylation sites (tertiary alicyclic amines) is 1. The molecule has 150 valence electrons. The number of amides is 1. The molecule has 1 amide bonds. The van der Waals surface area contributed by atoms with Crippen LogP contribution in [-0.4, -0.2) is 42.3 Å². The molecular weight excluding hydrogens is 392 g/mol. The zero-order chi connectivity index (χ0) is 19.9. The monoisotopic (exact) mass is 418 g/mol. The Morgan fingerprint density at radius 2 is 1.82 bits per heavy atom. The number of hydrogen-bond donors (Lipinski definition) is 1. The van der Waals surface area contributed by atoms with Gasteiger partial charge < -0.3 is 15.0 Å². The Morgan fingerprint density at radius 3 is 2.43 bits per heavy atom. The van der Waals surface area contributed by atoms with Crippen molar-refractivity contribution in [3.05, 3.63) is 53.6 Å².